The Morgan fingerprint density at radius 1 is 1.13 bits per heavy atom. The molecule has 0 N–H and O–H groups in total. The lowest BCUT2D eigenvalue weighted by molar-refractivity contribution is 0.0807. The second-order valence-corrected chi connectivity index (χ2v) is 4.93. The predicted octanol–water partition coefficient (Wildman–Crippen LogP) is 2.52. The van der Waals surface area contributed by atoms with Gasteiger partial charge in [-0.15, -0.1) is 0 Å². The first kappa shape index (κ1) is 16.2. The second-order valence-electron chi connectivity index (χ2n) is 4.93. The number of methoxy groups -OCH3 is 1. The minimum atomic E-state index is -0.381. The summed E-state index contributed by atoms with van der Waals surface area (Å²) in [5.74, 6) is -0.157. The van der Waals surface area contributed by atoms with E-state index in [9.17, 15) is 9.59 Å². The van der Waals surface area contributed by atoms with E-state index in [0.29, 0.717) is 11.3 Å². The fourth-order valence-electron chi connectivity index (χ4n) is 2.15. The number of amides is 1. The highest BCUT2D eigenvalue weighted by Gasteiger charge is 2.21. The summed E-state index contributed by atoms with van der Waals surface area (Å²) in [7, 11) is 3.02. The number of ether oxygens (including phenoxy) is 1. The van der Waals surface area contributed by atoms with Crippen molar-refractivity contribution < 1.29 is 14.3 Å². The van der Waals surface area contributed by atoms with Crippen LogP contribution in [0.2, 0.25) is 0 Å². The standard InChI is InChI=1S/C18H16N2O3/c1-20(11-10-19)18(22)15-9-8-14(23-2)12-16(15)17(21)13-6-4-3-5-7-13/h3-9,12H,11H2,1-2H3. The number of hydrogen-bond donors (Lipinski definition) is 0. The molecule has 0 unspecified atom stereocenters. The highest BCUT2D eigenvalue weighted by molar-refractivity contribution is 6.15. The van der Waals surface area contributed by atoms with Gasteiger partial charge in [0.1, 0.15) is 12.3 Å². The van der Waals surface area contributed by atoms with Gasteiger partial charge in [-0.1, -0.05) is 30.3 Å². The quantitative estimate of drug-likeness (QED) is 0.628. The van der Waals surface area contributed by atoms with E-state index in [-0.39, 0.29) is 29.4 Å². The van der Waals surface area contributed by atoms with Gasteiger partial charge in [-0.05, 0) is 18.2 Å². The fraction of sp³-hybridized carbons (Fsp3) is 0.167. The maximum Gasteiger partial charge on any atom is 0.255 e. The van der Waals surface area contributed by atoms with E-state index in [1.165, 1.54) is 19.1 Å². The maximum absolute atomic E-state index is 12.7. The number of benzene rings is 2. The average molecular weight is 308 g/mol. The first-order valence-electron chi connectivity index (χ1n) is 6.98. The summed E-state index contributed by atoms with van der Waals surface area (Å²) >= 11 is 0. The fourth-order valence-corrected chi connectivity index (χ4v) is 2.15. The third-order valence-corrected chi connectivity index (χ3v) is 3.39. The van der Waals surface area contributed by atoms with Crippen LogP contribution in [0.25, 0.3) is 0 Å². The molecular weight excluding hydrogens is 292 g/mol. The van der Waals surface area contributed by atoms with E-state index in [4.69, 9.17) is 10.00 Å². The average Bonchev–Trinajstić information content (AvgIpc) is 2.60. The highest BCUT2D eigenvalue weighted by Crippen LogP contribution is 2.22. The monoisotopic (exact) mass is 308 g/mol. The second kappa shape index (κ2) is 7.23. The first-order chi connectivity index (χ1) is 11.1. The Labute approximate surface area is 134 Å². The van der Waals surface area contributed by atoms with Crippen LogP contribution in [0.4, 0.5) is 0 Å². The molecule has 5 nitrogen and oxygen atoms in total. The lowest BCUT2D eigenvalue weighted by Gasteiger charge is -2.16. The van der Waals surface area contributed by atoms with Crippen molar-refractivity contribution in [3.05, 3.63) is 65.2 Å². The number of carbonyl (C=O) groups excluding carboxylic acids is 2. The van der Waals surface area contributed by atoms with Crippen LogP contribution in [-0.2, 0) is 0 Å². The third kappa shape index (κ3) is 3.55. The summed E-state index contributed by atoms with van der Waals surface area (Å²) in [5.41, 5.74) is 0.987. The van der Waals surface area contributed by atoms with Crippen LogP contribution in [0.3, 0.4) is 0 Å². The molecule has 0 aliphatic carbocycles. The molecule has 2 aromatic rings. The van der Waals surface area contributed by atoms with Crippen molar-refractivity contribution >= 4 is 11.7 Å². The lowest BCUT2D eigenvalue weighted by atomic mass is 9.97. The molecular formula is C18H16N2O3. The topological polar surface area (TPSA) is 70.4 Å². The van der Waals surface area contributed by atoms with Crippen molar-refractivity contribution in [1.82, 2.24) is 4.90 Å². The van der Waals surface area contributed by atoms with E-state index in [1.807, 2.05) is 12.1 Å². The van der Waals surface area contributed by atoms with Crippen LogP contribution >= 0.6 is 0 Å². The van der Waals surface area contributed by atoms with Crippen LogP contribution in [0.1, 0.15) is 26.3 Å². The van der Waals surface area contributed by atoms with Gasteiger partial charge in [-0.3, -0.25) is 9.59 Å². The summed E-state index contributed by atoms with van der Waals surface area (Å²) in [4.78, 5) is 26.5. The molecule has 0 atom stereocenters. The zero-order chi connectivity index (χ0) is 16.8. The van der Waals surface area contributed by atoms with E-state index < -0.39 is 0 Å². The SMILES string of the molecule is COc1ccc(C(=O)N(C)CC#N)c(C(=O)c2ccccc2)c1. The van der Waals surface area contributed by atoms with Crippen LogP contribution in [0.5, 0.6) is 5.75 Å². The summed E-state index contributed by atoms with van der Waals surface area (Å²) in [6.07, 6.45) is 0. The molecule has 0 saturated heterocycles. The van der Waals surface area contributed by atoms with Crippen LogP contribution in [0, 0.1) is 11.3 Å². The van der Waals surface area contributed by atoms with Gasteiger partial charge >= 0.3 is 0 Å². The number of nitriles is 1. The summed E-state index contributed by atoms with van der Waals surface area (Å²) in [6, 6.07) is 15.3. The summed E-state index contributed by atoms with van der Waals surface area (Å²) < 4.78 is 5.15. The molecule has 0 radical (unpaired) electrons. The molecule has 0 bridgehead atoms. The van der Waals surface area contributed by atoms with E-state index in [0.717, 1.165) is 0 Å². The molecule has 0 spiro atoms. The van der Waals surface area contributed by atoms with Gasteiger partial charge in [0.25, 0.3) is 5.91 Å². The van der Waals surface area contributed by atoms with Gasteiger partial charge in [0.2, 0.25) is 0 Å². The Bertz CT molecular complexity index is 764. The van der Waals surface area contributed by atoms with Gasteiger partial charge in [0.05, 0.1) is 18.7 Å². The molecule has 5 heteroatoms. The number of ketones is 1. The van der Waals surface area contributed by atoms with Gasteiger partial charge in [-0.2, -0.15) is 5.26 Å². The van der Waals surface area contributed by atoms with Crippen molar-refractivity contribution in [2.75, 3.05) is 20.7 Å². The van der Waals surface area contributed by atoms with Gasteiger partial charge < -0.3 is 9.64 Å². The van der Waals surface area contributed by atoms with Crippen molar-refractivity contribution in [2.45, 2.75) is 0 Å². The van der Waals surface area contributed by atoms with Gasteiger partial charge in [0.15, 0.2) is 5.78 Å². The lowest BCUT2D eigenvalue weighted by Crippen LogP contribution is -2.28. The number of hydrogen-bond acceptors (Lipinski definition) is 4. The molecule has 1 amide bonds. The zero-order valence-electron chi connectivity index (χ0n) is 12.9. The third-order valence-electron chi connectivity index (χ3n) is 3.39. The minimum absolute atomic E-state index is 0.0518. The largest absolute Gasteiger partial charge is 0.497 e. The normalized spacial score (nSPS) is 9.78. The highest BCUT2D eigenvalue weighted by atomic mass is 16.5. The van der Waals surface area contributed by atoms with Gasteiger partial charge in [0, 0.05) is 18.2 Å². The maximum atomic E-state index is 12.7. The Morgan fingerprint density at radius 2 is 1.83 bits per heavy atom. The molecule has 0 saturated carbocycles. The molecule has 2 aromatic carbocycles. The Kier molecular flexibility index (Phi) is 5.11. The molecule has 0 aliphatic rings. The number of nitrogens with zero attached hydrogens (tertiary/aromatic N) is 2. The van der Waals surface area contributed by atoms with Gasteiger partial charge in [-0.25, -0.2) is 0 Å². The molecule has 23 heavy (non-hydrogen) atoms. The van der Waals surface area contributed by atoms with E-state index in [1.54, 1.807) is 42.5 Å². The molecule has 0 aliphatic heterocycles. The van der Waals surface area contributed by atoms with Crippen LogP contribution in [0.15, 0.2) is 48.5 Å². The molecule has 2 rings (SSSR count). The minimum Gasteiger partial charge on any atom is -0.497 e. The zero-order valence-corrected chi connectivity index (χ0v) is 12.9. The van der Waals surface area contributed by atoms with Crippen molar-refractivity contribution in [2.24, 2.45) is 0 Å². The molecule has 0 aromatic heterocycles. The van der Waals surface area contributed by atoms with E-state index in [2.05, 4.69) is 0 Å². The summed E-state index contributed by atoms with van der Waals surface area (Å²) in [5, 5.41) is 8.74. The smallest absolute Gasteiger partial charge is 0.255 e. The number of carbonyl (C=O) groups is 2. The molecule has 0 fully saturated rings. The van der Waals surface area contributed by atoms with Crippen LogP contribution in [-0.4, -0.2) is 37.3 Å². The predicted molar refractivity (Wildman–Crippen MR) is 85.4 cm³/mol. The Morgan fingerprint density at radius 3 is 2.43 bits per heavy atom. The molecule has 0 heterocycles. The Hall–Kier alpha value is -3.13. The van der Waals surface area contributed by atoms with Crippen molar-refractivity contribution in [3.8, 4) is 11.8 Å². The Balaban J connectivity index is 2.50. The first-order valence-corrected chi connectivity index (χ1v) is 6.98. The van der Waals surface area contributed by atoms with Crippen molar-refractivity contribution in [3.63, 3.8) is 0 Å². The van der Waals surface area contributed by atoms with E-state index >= 15 is 0 Å². The van der Waals surface area contributed by atoms with Crippen LogP contribution < -0.4 is 4.74 Å². The molecule has 116 valence electrons. The summed E-state index contributed by atoms with van der Waals surface area (Å²) in [6.45, 7) is -0.0518. The number of rotatable bonds is 5. The van der Waals surface area contributed by atoms with Crippen molar-refractivity contribution in [1.29, 1.82) is 5.26 Å².